The minimum Gasteiger partial charge on any atom is -0.481 e. The third kappa shape index (κ3) is 3.82. The van der Waals surface area contributed by atoms with Crippen LogP contribution in [-0.4, -0.2) is 44.7 Å². The van der Waals surface area contributed by atoms with Crippen LogP contribution in [0.25, 0.3) is 0 Å². The molecule has 1 heterocycles. The highest BCUT2D eigenvalue weighted by Crippen LogP contribution is 2.35. The molecule has 0 saturated heterocycles. The Labute approximate surface area is 120 Å². The number of nitrogens with zero attached hydrogens (tertiary/aromatic N) is 3. The predicted molar refractivity (Wildman–Crippen MR) is 77.5 cm³/mol. The van der Waals surface area contributed by atoms with Gasteiger partial charge in [0.25, 0.3) is 0 Å². The second-order valence-electron chi connectivity index (χ2n) is 5.93. The first-order chi connectivity index (χ1) is 9.62. The lowest BCUT2D eigenvalue weighted by molar-refractivity contribution is -0.141. The molecule has 0 radical (unpaired) electrons. The summed E-state index contributed by atoms with van der Waals surface area (Å²) < 4.78 is 2.07. The number of carboxylic acid groups (broad SMARTS) is 1. The molecule has 0 amide bonds. The Morgan fingerprint density at radius 1 is 1.40 bits per heavy atom. The van der Waals surface area contributed by atoms with Gasteiger partial charge in [-0.3, -0.25) is 4.79 Å². The van der Waals surface area contributed by atoms with E-state index in [1.165, 1.54) is 6.42 Å². The van der Waals surface area contributed by atoms with Crippen molar-refractivity contribution in [1.29, 1.82) is 0 Å². The fraction of sp³-hybridized carbons (Fsp3) is 0.733. The van der Waals surface area contributed by atoms with E-state index < -0.39 is 5.97 Å². The first-order valence-electron chi connectivity index (χ1n) is 7.51. The number of rotatable bonds is 7. The lowest BCUT2D eigenvalue weighted by Gasteiger charge is -2.44. The monoisotopic (exact) mass is 279 g/mol. The highest BCUT2D eigenvalue weighted by atomic mass is 16.4. The molecule has 0 spiro atoms. The minimum absolute atomic E-state index is 0.126. The molecule has 0 aliphatic heterocycles. The summed E-state index contributed by atoms with van der Waals surface area (Å²) in [4.78, 5) is 17.5. The number of hydrogen-bond acceptors (Lipinski definition) is 3. The van der Waals surface area contributed by atoms with Gasteiger partial charge in [0.15, 0.2) is 0 Å². The number of carbonyl (C=O) groups is 1. The summed E-state index contributed by atoms with van der Waals surface area (Å²) in [5.41, 5.74) is -0.126. The number of hydrogen-bond donors (Lipinski definition) is 1. The molecule has 20 heavy (non-hydrogen) atoms. The Balaban J connectivity index is 1.88. The summed E-state index contributed by atoms with van der Waals surface area (Å²) in [7, 11) is 2.09. The van der Waals surface area contributed by atoms with Crippen LogP contribution in [0.4, 0.5) is 0 Å². The molecule has 1 N–H and O–H groups in total. The van der Waals surface area contributed by atoms with Crippen molar-refractivity contribution in [2.45, 2.75) is 57.0 Å². The van der Waals surface area contributed by atoms with Gasteiger partial charge >= 0.3 is 5.97 Å². The van der Waals surface area contributed by atoms with Gasteiger partial charge in [0.05, 0.1) is 12.7 Å². The molecule has 0 aromatic carbocycles. The number of imidazole rings is 1. The van der Waals surface area contributed by atoms with Gasteiger partial charge in [-0.05, 0) is 26.3 Å². The van der Waals surface area contributed by atoms with Crippen molar-refractivity contribution < 1.29 is 9.90 Å². The second kappa shape index (κ2) is 6.88. The molecular formula is C15H25N3O2. The van der Waals surface area contributed by atoms with Gasteiger partial charge in [0.2, 0.25) is 0 Å². The van der Waals surface area contributed by atoms with Crippen LogP contribution in [0.2, 0.25) is 0 Å². The van der Waals surface area contributed by atoms with E-state index in [0.717, 1.165) is 45.2 Å². The van der Waals surface area contributed by atoms with Crippen molar-refractivity contribution >= 4 is 5.97 Å². The van der Waals surface area contributed by atoms with Crippen LogP contribution in [0.5, 0.6) is 0 Å². The zero-order valence-electron chi connectivity index (χ0n) is 12.3. The van der Waals surface area contributed by atoms with Crippen LogP contribution in [0.1, 0.15) is 44.9 Å². The van der Waals surface area contributed by atoms with Crippen LogP contribution in [0.15, 0.2) is 18.7 Å². The molecule has 1 saturated carbocycles. The Morgan fingerprint density at radius 3 is 2.75 bits per heavy atom. The fourth-order valence-electron chi connectivity index (χ4n) is 3.33. The molecule has 0 bridgehead atoms. The van der Waals surface area contributed by atoms with Gasteiger partial charge in [-0.15, -0.1) is 0 Å². The van der Waals surface area contributed by atoms with Crippen molar-refractivity contribution in [2.24, 2.45) is 0 Å². The Bertz CT molecular complexity index is 411. The molecule has 1 aliphatic carbocycles. The quantitative estimate of drug-likeness (QED) is 0.832. The average Bonchev–Trinajstić information content (AvgIpc) is 2.92. The zero-order chi connectivity index (χ0) is 14.4. The molecule has 1 aliphatic rings. The van der Waals surface area contributed by atoms with Crippen molar-refractivity contribution in [3.05, 3.63) is 18.7 Å². The van der Waals surface area contributed by atoms with Crippen LogP contribution < -0.4 is 0 Å². The third-order valence-electron chi connectivity index (χ3n) is 4.54. The summed E-state index contributed by atoms with van der Waals surface area (Å²) in [6.07, 6.45) is 12.4. The van der Waals surface area contributed by atoms with E-state index in [9.17, 15) is 9.90 Å². The summed E-state index contributed by atoms with van der Waals surface area (Å²) in [5.74, 6) is -0.673. The van der Waals surface area contributed by atoms with Crippen LogP contribution in [0, 0.1) is 0 Å². The normalized spacial score (nSPS) is 18.3. The second-order valence-corrected chi connectivity index (χ2v) is 5.93. The van der Waals surface area contributed by atoms with E-state index in [1.807, 2.05) is 12.5 Å². The van der Waals surface area contributed by atoms with E-state index in [0.29, 0.717) is 0 Å². The lowest BCUT2D eigenvalue weighted by Crippen LogP contribution is -2.49. The summed E-state index contributed by atoms with van der Waals surface area (Å²) in [6.45, 7) is 1.87. The third-order valence-corrected chi connectivity index (χ3v) is 4.54. The topological polar surface area (TPSA) is 58.4 Å². The summed E-state index contributed by atoms with van der Waals surface area (Å²) in [5, 5.41) is 9.22. The smallest absolute Gasteiger partial charge is 0.305 e. The van der Waals surface area contributed by atoms with Gasteiger partial charge in [-0.2, -0.15) is 0 Å². The number of aromatic nitrogens is 2. The number of aryl methyl sites for hydroxylation is 1. The maximum Gasteiger partial charge on any atom is 0.305 e. The van der Waals surface area contributed by atoms with Gasteiger partial charge < -0.3 is 14.6 Å². The molecule has 5 nitrogen and oxygen atoms in total. The Morgan fingerprint density at radius 2 is 2.15 bits per heavy atom. The van der Waals surface area contributed by atoms with Gasteiger partial charge in [-0.1, -0.05) is 19.3 Å². The highest BCUT2D eigenvalue weighted by molar-refractivity contribution is 5.68. The van der Waals surface area contributed by atoms with Crippen molar-refractivity contribution in [2.75, 3.05) is 13.6 Å². The fourth-order valence-corrected chi connectivity index (χ4v) is 3.33. The van der Waals surface area contributed by atoms with Crippen LogP contribution in [0.3, 0.4) is 0 Å². The minimum atomic E-state index is -0.673. The highest BCUT2D eigenvalue weighted by Gasteiger charge is 2.37. The molecule has 1 fully saturated rings. The maximum absolute atomic E-state index is 11.2. The van der Waals surface area contributed by atoms with Gasteiger partial charge in [0.1, 0.15) is 0 Å². The standard InChI is InChI=1S/C15H25N3O2/c1-17(9-5-10-18-11-8-16-13-18)15(12-14(19)20)6-3-2-4-7-15/h8,11,13H,2-7,9-10,12H2,1H3,(H,19,20). The van der Waals surface area contributed by atoms with E-state index >= 15 is 0 Å². The molecule has 5 heteroatoms. The van der Waals surface area contributed by atoms with E-state index in [2.05, 4.69) is 21.5 Å². The van der Waals surface area contributed by atoms with E-state index in [-0.39, 0.29) is 12.0 Å². The van der Waals surface area contributed by atoms with Crippen LogP contribution in [-0.2, 0) is 11.3 Å². The molecule has 0 atom stereocenters. The predicted octanol–water partition coefficient (Wildman–Crippen LogP) is 2.38. The Kier molecular flexibility index (Phi) is 5.17. The first kappa shape index (κ1) is 15.0. The molecular weight excluding hydrogens is 254 g/mol. The average molecular weight is 279 g/mol. The molecule has 1 aromatic heterocycles. The first-order valence-corrected chi connectivity index (χ1v) is 7.51. The van der Waals surface area contributed by atoms with Crippen LogP contribution >= 0.6 is 0 Å². The van der Waals surface area contributed by atoms with Gasteiger partial charge in [-0.25, -0.2) is 4.98 Å². The van der Waals surface area contributed by atoms with Crippen molar-refractivity contribution in [3.63, 3.8) is 0 Å². The van der Waals surface area contributed by atoms with Crippen molar-refractivity contribution in [1.82, 2.24) is 14.5 Å². The SMILES string of the molecule is CN(CCCn1ccnc1)C1(CC(=O)O)CCCCC1. The summed E-state index contributed by atoms with van der Waals surface area (Å²) in [6, 6.07) is 0. The zero-order valence-corrected chi connectivity index (χ0v) is 12.3. The molecule has 0 unspecified atom stereocenters. The molecule has 1 aromatic rings. The van der Waals surface area contributed by atoms with E-state index in [4.69, 9.17) is 0 Å². The lowest BCUT2D eigenvalue weighted by atomic mass is 9.78. The van der Waals surface area contributed by atoms with Gasteiger partial charge in [0, 0.05) is 31.0 Å². The maximum atomic E-state index is 11.2. The van der Waals surface area contributed by atoms with Crippen molar-refractivity contribution in [3.8, 4) is 0 Å². The Hall–Kier alpha value is -1.36. The number of carboxylic acids is 1. The molecule has 2 rings (SSSR count). The summed E-state index contributed by atoms with van der Waals surface area (Å²) >= 11 is 0. The largest absolute Gasteiger partial charge is 0.481 e. The van der Waals surface area contributed by atoms with E-state index in [1.54, 1.807) is 6.20 Å². The molecule has 112 valence electrons. The number of aliphatic carboxylic acids is 1.